The number of benzene rings is 1. The van der Waals surface area contributed by atoms with Gasteiger partial charge in [0, 0.05) is 37.6 Å². The molecule has 0 unspecified atom stereocenters. The fourth-order valence-electron chi connectivity index (χ4n) is 3.70. The van der Waals surface area contributed by atoms with E-state index in [-0.39, 0.29) is 22.6 Å². The molecule has 0 fully saturated rings. The van der Waals surface area contributed by atoms with Crippen LogP contribution in [0.4, 0.5) is 0 Å². The Kier molecular flexibility index (Phi) is 4.73. The zero-order valence-electron chi connectivity index (χ0n) is 16.2. The smallest absolute Gasteiger partial charge is 0.270 e. The Labute approximate surface area is 163 Å². The summed E-state index contributed by atoms with van der Waals surface area (Å²) in [5, 5.41) is 2.93. The first-order chi connectivity index (χ1) is 13.5. The van der Waals surface area contributed by atoms with Gasteiger partial charge in [0.25, 0.3) is 11.5 Å². The van der Waals surface area contributed by atoms with Crippen LogP contribution in [0, 0.1) is 0 Å². The van der Waals surface area contributed by atoms with Crippen LogP contribution in [0.3, 0.4) is 0 Å². The van der Waals surface area contributed by atoms with Crippen molar-refractivity contribution in [2.75, 3.05) is 13.1 Å². The van der Waals surface area contributed by atoms with Crippen molar-refractivity contribution in [3.8, 4) is 0 Å². The Morgan fingerprint density at radius 3 is 2.71 bits per heavy atom. The number of carbonyl (C=O) groups is 1. The molecule has 0 saturated carbocycles. The first-order valence-corrected chi connectivity index (χ1v) is 9.52. The van der Waals surface area contributed by atoms with Crippen molar-refractivity contribution in [3.05, 3.63) is 81.9 Å². The molecule has 6 nitrogen and oxygen atoms in total. The summed E-state index contributed by atoms with van der Waals surface area (Å²) >= 11 is 0. The second kappa shape index (κ2) is 7.20. The van der Waals surface area contributed by atoms with Crippen molar-refractivity contribution >= 4 is 11.6 Å². The number of nitrogens with one attached hydrogen (secondary N) is 1. The van der Waals surface area contributed by atoms with E-state index in [9.17, 15) is 9.59 Å². The zero-order chi connectivity index (χ0) is 19.7. The van der Waals surface area contributed by atoms with E-state index in [1.54, 1.807) is 24.4 Å². The van der Waals surface area contributed by atoms with Crippen LogP contribution in [0.15, 0.2) is 59.7 Å². The Bertz CT molecular complexity index is 1090. The number of pyridine rings is 1. The van der Waals surface area contributed by atoms with Crippen LogP contribution >= 0.6 is 0 Å². The maximum absolute atomic E-state index is 12.7. The highest BCUT2D eigenvalue weighted by Gasteiger charge is 2.30. The van der Waals surface area contributed by atoms with Crippen LogP contribution in [-0.4, -0.2) is 38.8 Å². The van der Waals surface area contributed by atoms with Gasteiger partial charge in [-0.15, -0.1) is 0 Å². The van der Waals surface area contributed by atoms with Crippen LogP contribution < -0.4 is 10.9 Å². The number of hydrogen-bond donors (Lipinski definition) is 1. The summed E-state index contributed by atoms with van der Waals surface area (Å²) in [6, 6.07) is 13.8. The molecule has 144 valence electrons. The van der Waals surface area contributed by atoms with Crippen LogP contribution in [0.2, 0.25) is 0 Å². The number of nitrogens with zero attached hydrogens (tertiary/aromatic N) is 3. The Balaban J connectivity index is 1.47. The standard InChI is InChI=1S/C22H24N4O2/c1-22(2,25-12-10-16-7-3-4-8-17(16)14-25)15-24-20(27)18-13-23-19-9-5-6-11-26(19)21(18)28/h3-9,11,13H,10,12,14-15H2,1-2H3,(H,24,27). The second-order valence-electron chi connectivity index (χ2n) is 7.84. The number of rotatable bonds is 4. The van der Waals surface area contributed by atoms with Crippen molar-refractivity contribution < 1.29 is 4.79 Å². The molecule has 1 aliphatic rings. The quantitative estimate of drug-likeness (QED) is 0.759. The fraction of sp³-hybridized carbons (Fsp3) is 0.318. The monoisotopic (exact) mass is 376 g/mol. The predicted molar refractivity (Wildman–Crippen MR) is 108 cm³/mol. The molecule has 0 aliphatic carbocycles. The van der Waals surface area contributed by atoms with Gasteiger partial charge in [0.1, 0.15) is 11.2 Å². The van der Waals surface area contributed by atoms with Crippen LogP contribution in [0.25, 0.3) is 5.65 Å². The molecule has 6 heteroatoms. The third kappa shape index (κ3) is 3.43. The lowest BCUT2D eigenvalue weighted by atomic mass is 9.94. The minimum Gasteiger partial charge on any atom is -0.350 e. The number of fused-ring (bicyclic) bond motifs is 2. The van der Waals surface area contributed by atoms with Crippen molar-refractivity contribution in [1.82, 2.24) is 19.6 Å². The Hall–Kier alpha value is -2.99. The molecule has 0 spiro atoms. The molecule has 0 saturated heterocycles. The molecule has 4 rings (SSSR count). The average molecular weight is 376 g/mol. The van der Waals surface area contributed by atoms with E-state index < -0.39 is 0 Å². The Morgan fingerprint density at radius 2 is 1.89 bits per heavy atom. The predicted octanol–water partition coefficient (Wildman–Crippen LogP) is 2.26. The highest BCUT2D eigenvalue weighted by molar-refractivity contribution is 5.93. The normalized spacial score (nSPS) is 14.6. The summed E-state index contributed by atoms with van der Waals surface area (Å²) in [6.07, 6.45) is 3.98. The molecular weight excluding hydrogens is 352 g/mol. The van der Waals surface area contributed by atoms with E-state index in [1.165, 1.54) is 21.7 Å². The molecule has 1 amide bonds. The molecule has 2 aromatic heterocycles. The zero-order valence-corrected chi connectivity index (χ0v) is 16.2. The van der Waals surface area contributed by atoms with Crippen molar-refractivity contribution in [2.24, 2.45) is 0 Å². The lowest BCUT2D eigenvalue weighted by Crippen LogP contribution is -2.53. The summed E-state index contributed by atoms with van der Waals surface area (Å²) in [5.74, 6) is -0.388. The van der Waals surface area contributed by atoms with E-state index in [0.29, 0.717) is 12.2 Å². The van der Waals surface area contributed by atoms with Gasteiger partial charge < -0.3 is 5.32 Å². The van der Waals surface area contributed by atoms with Gasteiger partial charge in [-0.2, -0.15) is 0 Å². The largest absolute Gasteiger partial charge is 0.350 e. The van der Waals surface area contributed by atoms with Gasteiger partial charge in [-0.1, -0.05) is 30.3 Å². The highest BCUT2D eigenvalue weighted by Crippen LogP contribution is 2.24. The highest BCUT2D eigenvalue weighted by atomic mass is 16.2. The van der Waals surface area contributed by atoms with Gasteiger partial charge in [-0.3, -0.25) is 18.9 Å². The molecule has 0 atom stereocenters. The summed E-state index contributed by atoms with van der Waals surface area (Å²) < 4.78 is 1.39. The third-order valence-corrected chi connectivity index (χ3v) is 5.53. The number of aromatic nitrogens is 2. The summed E-state index contributed by atoms with van der Waals surface area (Å²) in [5.41, 5.74) is 2.73. The van der Waals surface area contributed by atoms with E-state index >= 15 is 0 Å². The van der Waals surface area contributed by atoms with Crippen molar-refractivity contribution in [2.45, 2.75) is 32.4 Å². The minimum atomic E-state index is -0.388. The van der Waals surface area contributed by atoms with E-state index in [4.69, 9.17) is 0 Å². The van der Waals surface area contributed by atoms with Crippen LogP contribution in [0.5, 0.6) is 0 Å². The second-order valence-corrected chi connectivity index (χ2v) is 7.84. The topological polar surface area (TPSA) is 66.7 Å². The molecular formula is C22H24N4O2. The maximum Gasteiger partial charge on any atom is 0.270 e. The van der Waals surface area contributed by atoms with E-state index in [0.717, 1.165) is 19.5 Å². The molecule has 3 aromatic rings. The van der Waals surface area contributed by atoms with Crippen LogP contribution in [-0.2, 0) is 13.0 Å². The first-order valence-electron chi connectivity index (χ1n) is 9.52. The van der Waals surface area contributed by atoms with Crippen molar-refractivity contribution in [3.63, 3.8) is 0 Å². The van der Waals surface area contributed by atoms with Gasteiger partial charge in [0.15, 0.2) is 0 Å². The SMILES string of the molecule is CC(C)(CNC(=O)c1cnc2ccccn2c1=O)N1CCc2ccccc2C1. The van der Waals surface area contributed by atoms with E-state index in [2.05, 4.69) is 53.3 Å². The molecule has 1 aliphatic heterocycles. The van der Waals surface area contributed by atoms with Crippen molar-refractivity contribution in [1.29, 1.82) is 0 Å². The van der Waals surface area contributed by atoms with Gasteiger partial charge in [-0.25, -0.2) is 4.98 Å². The third-order valence-electron chi connectivity index (χ3n) is 5.53. The molecule has 1 aromatic carbocycles. The molecule has 3 heterocycles. The van der Waals surface area contributed by atoms with Gasteiger partial charge in [0.2, 0.25) is 0 Å². The van der Waals surface area contributed by atoms with Gasteiger partial charge in [0.05, 0.1) is 0 Å². The van der Waals surface area contributed by atoms with Gasteiger partial charge >= 0.3 is 0 Å². The molecule has 0 radical (unpaired) electrons. The minimum absolute atomic E-state index is 0.0588. The lowest BCUT2D eigenvalue weighted by Gasteiger charge is -2.41. The molecule has 1 N–H and O–H groups in total. The number of carbonyl (C=O) groups excluding carboxylic acids is 1. The fourth-order valence-corrected chi connectivity index (χ4v) is 3.70. The van der Waals surface area contributed by atoms with Gasteiger partial charge in [-0.05, 0) is 43.5 Å². The Morgan fingerprint density at radius 1 is 1.14 bits per heavy atom. The summed E-state index contributed by atoms with van der Waals surface area (Å²) in [7, 11) is 0. The average Bonchev–Trinajstić information content (AvgIpc) is 2.72. The lowest BCUT2D eigenvalue weighted by molar-refractivity contribution is 0.0824. The maximum atomic E-state index is 12.7. The first kappa shape index (κ1) is 18.4. The molecule has 0 bridgehead atoms. The number of amides is 1. The molecule has 28 heavy (non-hydrogen) atoms. The van der Waals surface area contributed by atoms with E-state index in [1.807, 2.05) is 0 Å². The number of hydrogen-bond acceptors (Lipinski definition) is 4. The summed E-state index contributed by atoms with van der Waals surface area (Å²) in [4.78, 5) is 31.8. The summed E-state index contributed by atoms with van der Waals surface area (Å²) in [6.45, 7) is 6.49. The van der Waals surface area contributed by atoms with Crippen LogP contribution in [0.1, 0.15) is 35.3 Å².